The third-order valence-corrected chi connectivity index (χ3v) is 13.1. The van der Waals surface area contributed by atoms with Crippen LogP contribution in [0.3, 0.4) is 0 Å². The van der Waals surface area contributed by atoms with Gasteiger partial charge in [-0.05, 0) is 70.4 Å². The summed E-state index contributed by atoms with van der Waals surface area (Å²) in [6, 6.07) is 5.18. The summed E-state index contributed by atoms with van der Waals surface area (Å²) in [4.78, 5) is 67.4. The highest BCUT2D eigenvalue weighted by Gasteiger charge is 2.61. The van der Waals surface area contributed by atoms with Crippen molar-refractivity contribution < 1.29 is 42.5 Å². The lowest BCUT2D eigenvalue weighted by Crippen LogP contribution is -2.59. The largest absolute Gasteiger partial charge is 0.497 e. The van der Waals surface area contributed by atoms with Gasteiger partial charge < -0.3 is 39.6 Å². The molecule has 1 aliphatic heterocycles. The minimum Gasteiger partial charge on any atom is -0.497 e. The Kier molecular flexibility index (Phi) is 13.5. The number of fused-ring (bicyclic) bond motifs is 1. The molecule has 0 bridgehead atoms. The number of nitrogens with one attached hydrogen (secondary N) is 4. The standard InChI is InChI=1S/C42H58N7O9PS/c1-10-25-21-42(25,38(52)48-59(9,54)56-11-2)47-36(50)33-19-28(22-49(33)37(51)35(41(5,6)7)46-40(53)58-26-14-12-13-15-26)57-34-20-31(32-23-60-39(45-32)43-24(3)4)44-30-18-27(55-8)16-17-29(30)34/h10,16-18,20,23-26,28,33,35H,1,11-15,19,21-22H2,2-9H3,(H,43,45)(H,46,53)(H,47,50)(H,48,52,54)/t25-,28-,33+,35-,42-,59?/m1/s1. The number of likely N-dealkylation sites (tertiary alicyclic amines) is 1. The number of nitrogens with zero attached hydrogens (tertiary/aromatic N) is 3. The fourth-order valence-corrected chi connectivity index (χ4v) is 9.79. The lowest BCUT2D eigenvalue weighted by molar-refractivity contribution is -0.143. The maximum absolute atomic E-state index is 14.8. The van der Waals surface area contributed by atoms with Gasteiger partial charge in [-0.15, -0.1) is 17.9 Å². The van der Waals surface area contributed by atoms with Gasteiger partial charge in [-0.2, -0.15) is 0 Å². The van der Waals surface area contributed by atoms with Gasteiger partial charge in [0.15, 0.2) is 5.13 Å². The molecule has 3 aromatic rings. The van der Waals surface area contributed by atoms with Crippen LogP contribution in [0.4, 0.5) is 9.93 Å². The number of carbonyl (C=O) groups excluding carboxylic acids is 4. The van der Waals surface area contributed by atoms with Gasteiger partial charge in [-0.3, -0.25) is 24.0 Å². The summed E-state index contributed by atoms with van der Waals surface area (Å²) in [5.74, 6) is -1.22. The van der Waals surface area contributed by atoms with E-state index < -0.39 is 66.4 Å². The fraction of sp³-hybridized carbons (Fsp3) is 0.571. The molecule has 1 unspecified atom stereocenters. The van der Waals surface area contributed by atoms with E-state index >= 15 is 0 Å². The number of alkyl carbamates (subject to hydrolysis) is 1. The molecule has 0 radical (unpaired) electrons. The van der Waals surface area contributed by atoms with E-state index in [1.807, 2.05) is 46.1 Å². The molecule has 6 atom stereocenters. The Labute approximate surface area is 355 Å². The van der Waals surface area contributed by atoms with Crippen molar-refractivity contribution in [1.82, 2.24) is 30.6 Å². The average molecular weight is 868 g/mol. The number of anilines is 1. The molecule has 326 valence electrons. The molecule has 60 heavy (non-hydrogen) atoms. The molecule has 1 aromatic carbocycles. The number of hydrogen-bond acceptors (Lipinski definition) is 13. The maximum atomic E-state index is 14.8. The van der Waals surface area contributed by atoms with Crippen LogP contribution in [-0.2, 0) is 28.2 Å². The Morgan fingerprint density at radius 1 is 1.10 bits per heavy atom. The van der Waals surface area contributed by atoms with E-state index in [1.165, 1.54) is 22.9 Å². The van der Waals surface area contributed by atoms with E-state index in [4.69, 9.17) is 28.7 Å². The zero-order valence-corrected chi connectivity index (χ0v) is 37.4. The van der Waals surface area contributed by atoms with Crippen LogP contribution in [-0.4, -0.2) is 101 Å². The number of ether oxygens (including phenoxy) is 3. The van der Waals surface area contributed by atoms with E-state index in [0.717, 1.165) is 30.8 Å². The SMILES string of the molecule is C=C[C@@H]1C[C@]1(NC(=O)[C@@H]1C[C@@H](Oc2cc(-c3csc(NC(C)C)n3)nc3cc(OC)ccc23)CN1C(=O)[C@@H](NC(=O)OC1CCCC1)C(C)(C)C)C(=O)NP(C)(=O)OCC. The van der Waals surface area contributed by atoms with Crippen LogP contribution in [0, 0.1) is 11.3 Å². The molecular weight excluding hydrogens is 810 g/mol. The smallest absolute Gasteiger partial charge is 0.408 e. The first-order chi connectivity index (χ1) is 28.4. The highest BCUT2D eigenvalue weighted by molar-refractivity contribution is 7.56. The highest BCUT2D eigenvalue weighted by atomic mass is 32.1. The van der Waals surface area contributed by atoms with Gasteiger partial charge in [-0.1, -0.05) is 26.8 Å². The summed E-state index contributed by atoms with van der Waals surface area (Å²) in [6.07, 6.45) is 3.58. The van der Waals surface area contributed by atoms with Crippen LogP contribution in [0.1, 0.15) is 80.1 Å². The van der Waals surface area contributed by atoms with Crippen LogP contribution in [0.2, 0.25) is 0 Å². The number of carbonyl (C=O) groups is 4. The number of rotatable bonds is 16. The number of hydrogen-bond donors (Lipinski definition) is 4. The molecule has 4 N–H and O–H groups in total. The van der Waals surface area contributed by atoms with E-state index in [0.29, 0.717) is 33.8 Å². The van der Waals surface area contributed by atoms with Crippen molar-refractivity contribution >= 4 is 58.7 Å². The van der Waals surface area contributed by atoms with Crippen molar-refractivity contribution in [2.24, 2.45) is 11.3 Å². The van der Waals surface area contributed by atoms with Crippen LogP contribution in [0.5, 0.6) is 11.5 Å². The number of methoxy groups -OCH3 is 1. The summed E-state index contributed by atoms with van der Waals surface area (Å²) >= 11 is 1.45. The molecule has 3 fully saturated rings. The Morgan fingerprint density at radius 3 is 2.47 bits per heavy atom. The number of aromatic nitrogens is 2. The second kappa shape index (κ2) is 18.1. The monoisotopic (exact) mass is 867 g/mol. The Morgan fingerprint density at radius 2 is 1.83 bits per heavy atom. The Balaban J connectivity index is 1.34. The third kappa shape index (κ3) is 10.2. The fourth-order valence-electron chi connectivity index (χ4n) is 7.82. The van der Waals surface area contributed by atoms with E-state index in [-0.39, 0.29) is 38.1 Å². The molecule has 1 saturated heterocycles. The zero-order chi connectivity index (χ0) is 43.6. The normalized spacial score (nSPS) is 23.1. The molecule has 16 nitrogen and oxygen atoms in total. The number of pyridine rings is 1. The molecule has 2 aliphatic carbocycles. The quantitative estimate of drug-likeness (QED) is 0.0884. The number of thiazole rings is 1. The van der Waals surface area contributed by atoms with Crippen molar-refractivity contribution in [1.29, 1.82) is 0 Å². The van der Waals surface area contributed by atoms with Crippen molar-refractivity contribution in [2.45, 2.75) is 116 Å². The molecule has 18 heteroatoms. The van der Waals surface area contributed by atoms with Crippen molar-refractivity contribution in [3.63, 3.8) is 0 Å². The Hall–Kier alpha value is -4.73. The predicted molar refractivity (Wildman–Crippen MR) is 230 cm³/mol. The van der Waals surface area contributed by atoms with Crippen molar-refractivity contribution in [3.8, 4) is 22.9 Å². The van der Waals surface area contributed by atoms with Gasteiger partial charge in [0.05, 0.1) is 31.5 Å². The highest BCUT2D eigenvalue weighted by Crippen LogP contribution is 2.48. The predicted octanol–water partition coefficient (Wildman–Crippen LogP) is 6.66. The van der Waals surface area contributed by atoms with Crippen LogP contribution in [0.25, 0.3) is 22.3 Å². The van der Waals surface area contributed by atoms with Gasteiger partial charge in [-0.25, -0.2) is 14.8 Å². The number of amides is 4. The first-order valence-corrected chi connectivity index (χ1v) is 23.5. The van der Waals surface area contributed by atoms with Crippen LogP contribution < -0.4 is 30.5 Å². The lowest BCUT2D eigenvalue weighted by atomic mass is 9.85. The van der Waals surface area contributed by atoms with Gasteiger partial charge in [0.25, 0.3) is 13.4 Å². The lowest BCUT2D eigenvalue weighted by Gasteiger charge is -2.35. The molecule has 4 amide bonds. The molecular formula is C42H58N7O9PS. The zero-order valence-electron chi connectivity index (χ0n) is 35.7. The van der Waals surface area contributed by atoms with Gasteiger partial charge in [0.1, 0.15) is 47.0 Å². The first kappa shape index (κ1) is 44.8. The van der Waals surface area contributed by atoms with Crippen LogP contribution >= 0.6 is 18.9 Å². The topological polar surface area (TPSA) is 199 Å². The minimum absolute atomic E-state index is 0.0318. The maximum Gasteiger partial charge on any atom is 0.408 e. The second-order valence-electron chi connectivity index (χ2n) is 17.2. The average Bonchev–Trinajstić information content (AvgIpc) is 3.59. The summed E-state index contributed by atoms with van der Waals surface area (Å²) in [5.41, 5.74) is -0.496. The summed E-state index contributed by atoms with van der Waals surface area (Å²) in [6.45, 7) is 16.4. The van der Waals surface area contributed by atoms with Gasteiger partial charge in [0.2, 0.25) is 11.8 Å². The summed E-state index contributed by atoms with van der Waals surface area (Å²) in [5, 5.41) is 14.8. The summed E-state index contributed by atoms with van der Waals surface area (Å²) in [7, 11) is -1.97. The van der Waals surface area contributed by atoms with E-state index in [2.05, 4.69) is 27.6 Å². The minimum atomic E-state index is -3.54. The molecule has 3 heterocycles. The molecule has 6 rings (SSSR count). The molecule has 2 saturated carbocycles. The molecule has 2 aromatic heterocycles. The van der Waals surface area contributed by atoms with Crippen LogP contribution in [0.15, 0.2) is 42.3 Å². The van der Waals surface area contributed by atoms with Crippen molar-refractivity contribution in [2.75, 3.05) is 32.2 Å². The first-order valence-electron chi connectivity index (χ1n) is 20.5. The van der Waals surface area contributed by atoms with Gasteiger partial charge >= 0.3 is 6.09 Å². The summed E-state index contributed by atoms with van der Waals surface area (Å²) < 4.78 is 36.3. The Bertz CT molecular complexity index is 2150. The van der Waals surface area contributed by atoms with E-state index in [9.17, 15) is 23.7 Å². The second-order valence-corrected chi connectivity index (χ2v) is 20.2. The van der Waals surface area contributed by atoms with Crippen molar-refractivity contribution in [3.05, 3.63) is 42.3 Å². The number of benzene rings is 1. The van der Waals surface area contributed by atoms with Gasteiger partial charge in [0, 0.05) is 47.9 Å². The molecule has 3 aliphatic rings. The van der Waals surface area contributed by atoms with E-state index in [1.54, 1.807) is 38.3 Å². The molecule has 0 spiro atoms. The third-order valence-electron chi connectivity index (χ3n) is 11.0.